The van der Waals surface area contributed by atoms with E-state index >= 15 is 0 Å². The van der Waals surface area contributed by atoms with Crippen LogP contribution in [0.2, 0.25) is 0 Å². The minimum atomic E-state index is -0.261. The molecule has 0 saturated heterocycles. The third kappa shape index (κ3) is 2.93. The zero-order valence-corrected chi connectivity index (χ0v) is 8.57. The molecule has 0 bridgehead atoms. The van der Waals surface area contributed by atoms with E-state index in [4.69, 9.17) is 18.1 Å². The summed E-state index contributed by atoms with van der Waals surface area (Å²) in [6, 6.07) is 6.25. The van der Waals surface area contributed by atoms with E-state index in [0.717, 1.165) is 5.56 Å². The van der Waals surface area contributed by atoms with Crippen LogP contribution in [-0.2, 0) is 0 Å². The Morgan fingerprint density at radius 2 is 2.29 bits per heavy atom. The van der Waals surface area contributed by atoms with Gasteiger partial charge in [-0.3, -0.25) is 0 Å². The molecule has 0 aliphatic carbocycles. The highest BCUT2D eigenvalue weighted by molar-refractivity contribution is 7.80. The monoisotopic (exact) mass is 213 g/mol. The van der Waals surface area contributed by atoms with Gasteiger partial charge in [0.15, 0.2) is 5.11 Å². The average Bonchev–Trinajstić information content (AvgIpc) is 2.17. The fraction of sp³-hybridized carbons (Fsp3) is 0.222. The van der Waals surface area contributed by atoms with Crippen LogP contribution in [0.4, 0.5) is 4.39 Å². The van der Waals surface area contributed by atoms with Crippen LogP contribution in [0, 0.1) is 5.82 Å². The first-order valence-corrected chi connectivity index (χ1v) is 4.57. The predicted molar refractivity (Wildman–Crippen MR) is 57.9 cm³/mol. The summed E-state index contributed by atoms with van der Waals surface area (Å²) in [5.74, 6) is 4.84. The van der Waals surface area contributed by atoms with Crippen molar-refractivity contribution in [2.45, 2.75) is 13.0 Å². The summed E-state index contributed by atoms with van der Waals surface area (Å²) in [4.78, 5) is 0. The van der Waals surface area contributed by atoms with Gasteiger partial charge >= 0.3 is 0 Å². The molecule has 0 radical (unpaired) electrons. The summed E-state index contributed by atoms with van der Waals surface area (Å²) in [5, 5.41) is 3.24. The van der Waals surface area contributed by atoms with Crippen LogP contribution in [-0.4, -0.2) is 5.11 Å². The van der Waals surface area contributed by atoms with Gasteiger partial charge in [-0.25, -0.2) is 10.2 Å². The Morgan fingerprint density at radius 1 is 1.57 bits per heavy atom. The minimum Gasteiger partial charge on any atom is -0.355 e. The number of halogens is 1. The van der Waals surface area contributed by atoms with Crippen molar-refractivity contribution >= 4 is 17.3 Å². The van der Waals surface area contributed by atoms with Gasteiger partial charge in [0.1, 0.15) is 5.82 Å². The zero-order chi connectivity index (χ0) is 10.6. The molecule has 0 heterocycles. The van der Waals surface area contributed by atoms with Gasteiger partial charge in [-0.05, 0) is 36.8 Å². The SMILES string of the molecule is CC(NC(=S)NN)c1cccc(F)c1. The smallest absolute Gasteiger partial charge is 0.181 e. The van der Waals surface area contributed by atoms with Crippen LogP contribution in [0.25, 0.3) is 0 Å². The number of nitrogens with two attached hydrogens (primary N) is 1. The maximum absolute atomic E-state index is 12.8. The Hall–Kier alpha value is -1.20. The first kappa shape index (κ1) is 10.9. The maximum Gasteiger partial charge on any atom is 0.181 e. The second-order valence-electron chi connectivity index (χ2n) is 2.89. The van der Waals surface area contributed by atoms with Crippen molar-refractivity contribution in [3.05, 3.63) is 35.6 Å². The second kappa shape index (κ2) is 4.88. The third-order valence-electron chi connectivity index (χ3n) is 1.83. The van der Waals surface area contributed by atoms with Crippen molar-refractivity contribution in [2.24, 2.45) is 5.84 Å². The van der Waals surface area contributed by atoms with E-state index in [2.05, 4.69) is 10.7 Å². The average molecular weight is 213 g/mol. The van der Waals surface area contributed by atoms with Crippen LogP contribution in [0.1, 0.15) is 18.5 Å². The first-order valence-electron chi connectivity index (χ1n) is 4.16. The van der Waals surface area contributed by atoms with E-state index in [0.29, 0.717) is 5.11 Å². The summed E-state index contributed by atoms with van der Waals surface area (Å²) in [7, 11) is 0. The summed E-state index contributed by atoms with van der Waals surface area (Å²) in [6.45, 7) is 1.87. The number of nitrogens with one attached hydrogen (secondary N) is 2. The summed E-state index contributed by atoms with van der Waals surface area (Å²) in [6.07, 6.45) is 0. The highest BCUT2D eigenvalue weighted by Gasteiger charge is 2.06. The normalized spacial score (nSPS) is 11.9. The lowest BCUT2D eigenvalue weighted by atomic mass is 10.1. The Labute approximate surface area is 87.5 Å². The highest BCUT2D eigenvalue weighted by Crippen LogP contribution is 2.12. The van der Waals surface area contributed by atoms with E-state index in [1.165, 1.54) is 12.1 Å². The molecular weight excluding hydrogens is 201 g/mol. The Balaban J connectivity index is 2.69. The summed E-state index contributed by atoms with van der Waals surface area (Å²) >= 11 is 4.82. The fourth-order valence-electron chi connectivity index (χ4n) is 1.10. The van der Waals surface area contributed by atoms with Crippen molar-refractivity contribution in [1.82, 2.24) is 10.7 Å². The number of hydrogen-bond acceptors (Lipinski definition) is 2. The van der Waals surface area contributed by atoms with Crippen LogP contribution >= 0.6 is 12.2 Å². The Kier molecular flexibility index (Phi) is 3.79. The molecule has 1 aromatic carbocycles. The lowest BCUT2D eigenvalue weighted by Gasteiger charge is -2.15. The molecular formula is C9H12FN3S. The van der Waals surface area contributed by atoms with E-state index in [1.807, 2.05) is 13.0 Å². The Morgan fingerprint density at radius 3 is 2.86 bits per heavy atom. The van der Waals surface area contributed by atoms with Crippen LogP contribution in [0.15, 0.2) is 24.3 Å². The minimum absolute atomic E-state index is 0.0748. The molecule has 0 spiro atoms. The van der Waals surface area contributed by atoms with Gasteiger partial charge < -0.3 is 10.7 Å². The molecule has 4 N–H and O–H groups in total. The maximum atomic E-state index is 12.8. The van der Waals surface area contributed by atoms with Gasteiger partial charge in [0, 0.05) is 0 Å². The lowest BCUT2D eigenvalue weighted by molar-refractivity contribution is 0.617. The van der Waals surface area contributed by atoms with Crippen LogP contribution in [0.5, 0.6) is 0 Å². The highest BCUT2D eigenvalue weighted by atomic mass is 32.1. The van der Waals surface area contributed by atoms with Gasteiger partial charge in [0.05, 0.1) is 6.04 Å². The molecule has 1 aromatic rings. The van der Waals surface area contributed by atoms with Gasteiger partial charge in [-0.2, -0.15) is 0 Å². The second-order valence-corrected chi connectivity index (χ2v) is 3.30. The molecule has 0 aromatic heterocycles. The summed E-state index contributed by atoms with van der Waals surface area (Å²) < 4.78 is 12.8. The molecule has 14 heavy (non-hydrogen) atoms. The topological polar surface area (TPSA) is 50.1 Å². The quantitative estimate of drug-likeness (QED) is 0.393. The van der Waals surface area contributed by atoms with Gasteiger partial charge in [0.2, 0.25) is 0 Å². The fourth-order valence-corrected chi connectivity index (χ4v) is 1.27. The molecule has 5 heteroatoms. The van der Waals surface area contributed by atoms with Gasteiger partial charge in [0.25, 0.3) is 0 Å². The van der Waals surface area contributed by atoms with Crippen LogP contribution in [0.3, 0.4) is 0 Å². The number of rotatable bonds is 2. The molecule has 1 rings (SSSR count). The lowest BCUT2D eigenvalue weighted by Crippen LogP contribution is -2.40. The van der Waals surface area contributed by atoms with Gasteiger partial charge in [-0.15, -0.1) is 0 Å². The summed E-state index contributed by atoms with van der Waals surface area (Å²) in [5.41, 5.74) is 3.13. The van der Waals surface area contributed by atoms with Crippen molar-refractivity contribution < 1.29 is 4.39 Å². The molecule has 0 fully saturated rings. The van der Waals surface area contributed by atoms with E-state index in [1.54, 1.807) is 6.07 Å². The van der Waals surface area contributed by atoms with Crippen molar-refractivity contribution in [2.75, 3.05) is 0 Å². The molecule has 0 amide bonds. The molecule has 0 aliphatic heterocycles. The van der Waals surface area contributed by atoms with Crippen molar-refractivity contribution in [1.29, 1.82) is 0 Å². The third-order valence-corrected chi connectivity index (χ3v) is 2.06. The standard InChI is InChI=1S/C9H12FN3S/c1-6(12-9(14)13-11)7-3-2-4-8(10)5-7/h2-6H,11H2,1H3,(H2,12,13,14). The molecule has 1 atom stereocenters. The molecule has 0 saturated carbocycles. The predicted octanol–water partition coefficient (Wildman–Crippen LogP) is 1.22. The number of hydrazine groups is 1. The number of benzene rings is 1. The van der Waals surface area contributed by atoms with Crippen molar-refractivity contribution in [3.8, 4) is 0 Å². The van der Waals surface area contributed by atoms with Crippen molar-refractivity contribution in [3.63, 3.8) is 0 Å². The molecule has 0 aliphatic rings. The van der Waals surface area contributed by atoms with E-state index in [-0.39, 0.29) is 11.9 Å². The molecule has 76 valence electrons. The molecule has 3 nitrogen and oxygen atoms in total. The largest absolute Gasteiger partial charge is 0.355 e. The first-order chi connectivity index (χ1) is 6.63. The van der Waals surface area contributed by atoms with Crippen LogP contribution < -0.4 is 16.6 Å². The number of hydrogen-bond donors (Lipinski definition) is 3. The van der Waals surface area contributed by atoms with E-state index < -0.39 is 0 Å². The van der Waals surface area contributed by atoms with Gasteiger partial charge in [-0.1, -0.05) is 12.1 Å². The molecule has 1 unspecified atom stereocenters. The zero-order valence-electron chi connectivity index (χ0n) is 7.75. The van der Waals surface area contributed by atoms with E-state index in [9.17, 15) is 4.39 Å². The number of thiocarbonyl (C=S) groups is 1. The Bertz CT molecular complexity index is 330.